The molecule has 2 heterocycles. The second-order valence-corrected chi connectivity index (χ2v) is 6.25. The molecule has 2 fully saturated rings. The van der Waals surface area contributed by atoms with Crippen LogP contribution < -0.4 is 5.32 Å². The van der Waals surface area contributed by atoms with Crippen molar-refractivity contribution in [3.63, 3.8) is 0 Å². The predicted octanol–water partition coefficient (Wildman–Crippen LogP) is 2.54. The summed E-state index contributed by atoms with van der Waals surface area (Å²) in [5.74, 6) is 0.111. The molecule has 23 heavy (non-hydrogen) atoms. The van der Waals surface area contributed by atoms with Crippen LogP contribution in [0.25, 0.3) is 0 Å². The molecule has 3 rings (SSSR count). The van der Waals surface area contributed by atoms with Crippen LogP contribution in [0, 0.1) is 11.7 Å². The Morgan fingerprint density at radius 1 is 1.22 bits per heavy atom. The van der Waals surface area contributed by atoms with E-state index in [0.29, 0.717) is 13.1 Å². The van der Waals surface area contributed by atoms with Gasteiger partial charge in [-0.1, -0.05) is 12.1 Å². The van der Waals surface area contributed by atoms with Crippen molar-refractivity contribution in [1.29, 1.82) is 0 Å². The van der Waals surface area contributed by atoms with Crippen LogP contribution in [-0.2, 0) is 9.53 Å². The molecule has 4 nitrogen and oxygen atoms in total. The highest BCUT2D eigenvalue weighted by molar-refractivity contribution is 5.85. The van der Waals surface area contributed by atoms with E-state index in [-0.39, 0.29) is 42.3 Å². The lowest BCUT2D eigenvalue weighted by Gasteiger charge is -2.39. The van der Waals surface area contributed by atoms with E-state index in [0.717, 1.165) is 31.5 Å². The molecular formula is C17H24ClFN2O2. The van der Waals surface area contributed by atoms with Crippen molar-refractivity contribution in [2.45, 2.75) is 32.0 Å². The quantitative estimate of drug-likeness (QED) is 0.898. The maximum Gasteiger partial charge on any atom is 0.225 e. The largest absolute Gasteiger partial charge is 0.367 e. The molecule has 0 aliphatic carbocycles. The Morgan fingerprint density at radius 3 is 2.52 bits per heavy atom. The number of rotatable bonds is 2. The zero-order valence-electron chi connectivity index (χ0n) is 13.3. The van der Waals surface area contributed by atoms with Gasteiger partial charge in [0, 0.05) is 12.5 Å². The molecule has 128 valence electrons. The summed E-state index contributed by atoms with van der Waals surface area (Å²) in [6.07, 6.45) is 1.64. The average Bonchev–Trinajstić information content (AvgIpc) is 2.55. The molecule has 2 saturated heterocycles. The molecule has 1 amide bonds. The van der Waals surface area contributed by atoms with Gasteiger partial charge in [-0.3, -0.25) is 4.79 Å². The van der Waals surface area contributed by atoms with E-state index >= 15 is 0 Å². The van der Waals surface area contributed by atoms with Gasteiger partial charge in [0.2, 0.25) is 5.91 Å². The van der Waals surface area contributed by atoms with E-state index in [2.05, 4.69) is 5.32 Å². The molecule has 2 aliphatic heterocycles. The first-order chi connectivity index (χ1) is 10.6. The molecule has 1 aromatic carbocycles. The van der Waals surface area contributed by atoms with E-state index in [9.17, 15) is 9.18 Å². The molecule has 2 aliphatic rings. The number of nitrogens with one attached hydrogen (secondary N) is 1. The van der Waals surface area contributed by atoms with E-state index in [1.54, 1.807) is 12.1 Å². The van der Waals surface area contributed by atoms with Crippen molar-refractivity contribution in [3.8, 4) is 0 Å². The standard InChI is InChI=1S/C17H23FN2O2.ClH/c1-12-10-20(17(21)14-6-8-19-9-7-14)11-16(22-12)13-2-4-15(18)5-3-13;/h2-5,12,14,16,19H,6-11H2,1H3;1H. The number of hydrogen-bond acceptors (Lipinski definition) is 3. The highest BCUT2D eigenvalue weighted by atomic mass is 35.5. The fourth-order valence-corrected chi connectivity index (χ4v) is 3.32. The van der Waals surface area contributed by atoms with Gasteiger partial charge in [-0.05, 0) is 50.6 Å². The van der Waals surface area contributed by atoms with Crippen molar-refractivity contribution >= 4 is 18.3 Å². The molecule has 0 bridgehead atoms. The van der Waals surface area contributed by atoms with Crippen LogP contribution in [0.1, 0.15) is 31.4 Å². The molecule has 0 spiro atoms. The fourth-order valence-electron chi connectivity index (χ4n) is 3.32. The van der Waals surface area contributed by atoms with Gasteiger partial charge in [-0.25, -0.2) is 4.39 Å². The van der Waals surface area contributed by atoms with Crippen LogP contribution in [-0.4, -0.2) is 43.1 Å². The van der Waals surface area contributed by atoms with Crippen LogP contribution in [0.4, 0.5) is 4.39 Å². The van der Waals surface area contributed by atoms with Crippen LogP contribution in [0.2, 0.25) is 0 Å². The summed E-state index contributed by atoms with van der Waals surface area (Å²) in [5, 5.41) is 3.29. The summed E-state index contributed by atoms with van der Waals surface area (Å²) in [5.41, 5.74) is 0.927. The predicted molar refractivity (Wildman–Crippen MR) is 89.1 cm³/mol. The molecule has 1 aromatic rings. The van der Waals surface area contributed by atoms with E-state index in [1.165, 1.54) is 12.1 Å². The molecule has 2 unspecified atom stereocenters. The molecule has 0 saturated carbocycles. The van der Waals surface area contributed by atoms with E-state index < -0.39 is 0 Å². The number of carbonyl (C=O) groups excluding carboxylic acids is 1. The summed E-state index contributed by atoms with van der Waals surface area (Å²) in [4.78, 5) is 14.6. The van der Waals surface area contributed by atoms with Crippen molar-refractivity contribution < 1.29 is 13.9 Å². The molecule has 6 heteroatoms. The van der Waals surface area contributed by atoms with Crippen molar-refractivity contribution in [2.75, 3.05) is 26.2 Å². The Morgan fingerprint density at radius 2 is 1.87 bits per heavy atom. The van der Waals surface area contributed by atoms with Gasteiger partial charge in [0.05, 0.1) is 12.6 Å². The van der Waals surface area contributed by atoms with E-state index in [1.807, 2.05) is 11.8 Å². The maximum atomic E-state index is 13.1. The van der Waals surface area contributed by atoms with Crippen LogP contribution in [0.15, 0.2) is 24.3 Å². The number of ether oxygens (including phenoxy) is 1. The number of amides is 1. The molecule has 2 atom stereocenters. The topological polar surface area (TPSA) is 41.6 Å². The van der Waals surface area contributed by atoms with Crippen molar-refractivity contribution in [2.24, 2.45) is 5.92 Å². The van der Waals surface area contributed by atoms with E-state index in [4.69, 9.17) is 4.74 Å². The minimum absolute atomic E-state index is 0. The van der Waals surface area contributed by atoms with Gasteiger partial charge in [-0.15, -0.1) is 12.4 Å². The van der Waals surface area contributed by atoms with Crippen LogP contribution in [0.5, 0.6) is 0 Å². The lowest BCUT2D eigenvalue weighted by Crippen LogP contribution is -2.49. The summed E-state index contributed by atoms with van der Waals surface area (Å²) in [6, 6.07) is 6.37. The lowest BCUT2D eigenvalue weighted by atomic mass is 9.95. The Balaban J connectivity index is 0.00000192. The van der Waals surface area contributed by atoms with Crippen molar-refractivity contribution in [1.82, 2.24) is 10.2 Å². The summed E-state index contributed by atoms with van der Waals surface area (Å²) >= 11 is 0. The first kappa shape index (κ1) is 18.2. The van der Waals surface area contributed by atoms with Gasteiger partial charge in [-0.2, -0.15) is 0 Å². The molecule has 0 aromatic heterocycles. The second-order valence-electron chi connectivity index (χ2n) is 6.25. The smallest absolute Gasteiger partial charge is 0.225 e. The highest BCUT2D eigenvalue weighted by Gasteiger charge is 2.33. The second kappa shape index (κ2) is 8.08. The number of benzene rings is 1. The Kier molecular flexibility index (Phi) is 6.39. The van der Waals surface area contributed by atoms with Gasteiger partial charge in [0.25, 0.3) is 0 Å². The minimum atomic E-state index is -0.254. The number of carbonyl (C=O) groups is 1. The third kappa shape index (κ3) is 4.43. The third-order valence-corrected chi connectivity index (χ3v) is 4.50. The van der Waals surface area contributed by atoms with Crippen LogP contribution >= 0.6 is 12.4 Å². The Bertz CT molecular complexity index is 520. The lowest BCUT2D eigenvalue weighted by molar-refractivity contribution is -0.149. The molecule has 0 radical (unpaired) electrons. The van der Waals surface area contributed by atoms with Gasteiger partial charge >= 0.3 is 0 Å². The summed E-state index contributed by atoms with van der Waals surface area (Å²) in [6.45, 7) is 5.01. The number of morpholine rings is 1. The number of nitrogens with zero attached hydrogens (tertiary/aromatic N) is 1. The normalized spacial score (nSPS) is 25.7. The molecular weight excluding hydrogens is 319 g/mol. The third-order valence-electron chi connectivity index (χ3n) is 4.50. The highest BCUT2D eigenvalue weighted by Crippen LogP contribution is 2.27. The maximum absolute atomic E-state index is 13.1. The number of hydrogen-bond donors (Lipinski definition) is 1. The Labute approximate surface area is 142 Å². The summed E-state index contributed by atoms with van der Waals surface area (Å²) < 4.78 is 19.0. The first-order valence-electron chi connectivity index (χ1n) is 8.04. The fraction of sp³-hybridized carbons (Fsp3) is 0.588. The minimum Gasteiger partial charge on any atom is -0.367 e. The average molecular weight is 343 g/mol. The van der Waals surface area contributed by atoms with Gasteiger partial charge in [0.1, 0.15) is 11.9 Å². The zero-order valence-corrected chi connectivity index (χ0v) is 14.2. The van der Waals surface area contributed by atoms with Gasteiger partial charge in [0.15, 0.2) is 0 Å². The monoisotopic (exact) mass is 342 g/mol. The van der Waals surface area contributed by atoms with Gasteiger partial charge < -0.3 is 15.0 Å². The Hall–Kier alpha value is -1.17. The zero-order chi connectivity index (χ0) is 15.5. The first-order valence-corrected chi connectivity index (χ1v) is 8.04. The van der Waals surface area contributed by atoms with Crippen LogP contribution in [0.3, 0.4) is 0 Å². The van der Waals surface area contributed by atoms with Crippen molar-refractivity contribution in [3.05, 3.63) is 35.6 Å². The number of halogens is 2. The summed E-state index contributed by atoms with van der Waals surface area (Å²) in [7, 11) is 0. The number of piperidine rings is 1. The molecule has 1 N–H and O–H groups in total. The SMILES string of the molecule is CC1CN(C(=O)C2CCNCC2)CC(c2ccc(F)cc2)O1.Cl.